The lowest BCUT2D eigenvalue weighted by Gasteiger charge is -2.22. The van der Waals surface area contributed by atoms with Crippen molar-refractivity contribution in [1.29, 1.82) is 0 Å². The lowest BCUT2D eigenvalue weighted by Crippen LogP contribution is -2.34. The van der Waals surface area contributed by atoms with Gasteiger partial charge in [-0.2, -0.15) is 4.99 Å². The molecule has 1 rings (SSSR count). The van der Waals surface area contributed by atoms with Gasteiger partial charge in [0.1, 0.15) is 11.6 Å². The third-order valence-corrected chi connectivity index (χ3v) is 4.94. The van der Waals surface area contributed by atoms with Crippen LogP contribution in [0.5, 0.6) is 0 Å². The Morgan fingerprint density at radius 1 is 1.38 bits per heavy atom. The van der Waals surface area contributed by atoms with E-state index in [1.807, 2.05) is 13.1 Å². The molecule has 0 bridgehead atoms. The quantitative estimate of drug-likeness (QED) is 0.532. The summed E-state index contributed by atoms with van der Waals surface area (Å²) in [5.41, 5.74) is 1.14. The van der Waals surface area contributed by atoms with E-state index >= 15 is 0 Å². The van der Waals surface area contributed by atoms with E-state index in [0.717, 1.165) is 43.5 Å². The van der Waals surface area contributed by atoms with Gasteiger partial charge in [0.25, 0.3) is 0 Å². The van der Waals surface area contributed by atoms with Gasteiger partial charge in [0.15, 0.2) is 0 Å². The lowest BCUT2D eigenvalue weighted by molar-refractivity contribution is -0.116. The van der Waals surface area contributed by atoms with Crippen LogP contribution in [0, 0.1) is 0 Å². The van der Waals surface area contributed by atoms with Crippen LogP contribution in [0.4, 0.5) is 4.79 Å². The second-order valence-corrected chi connectivity index (χ2v) is 7.28. The number of Topliss-reactive ketones (excluding diaryl/α,β-unsaturated/α-hetero) is 1. The summed E-state index contributed by atoms with van der Waals surface area (Å²) in [4.78, 5) is 36.0. The zero-order valence-corrected chi connectivity index (χ0v) is 17.1. The fourth-order valence-corrected chi connectivity index (χ4v) is 3.12. The third kappa shape index (κ3) is 8.56. The Labute approximate surface area is 160 Å². The molecule has 1 atom stereocenters. The molecule has 26 heavy (non-hydrogen) atoms. The normalized spacial score (nSPS) is 18.8. The van der Waals surface area contributed by atoms with Crippen LogP contribution in [0.3, 0.4) is 0 Å². The number of aliphatic imine (C=N–C) groups is 3. The molecule has 0 aliphatic heterocycles. The summed E-state index contributed by atoms with van der Waals surface area (Å²) >= 11 is 1.31. The number of hydrogen-bond acceptors (Lipinski definition) is 4. The van der Waals surface area contributed by atoms with Crippen molar-refractivity contribution in [2.75, 3.05) is 12.8 Å². The van der Waals surface area contributed by atoms with Crippen molar-refractivity contribution in [2.24, 2.45) is 15.0 Å². The van der Waals surface area contributed by atoms with Gasteiger partial charge in [0.05, 0.1) is 10.8 Å². The van der Waals surface area contributed by atoms with Crippen LogP contribution in [0.25, 0.3) is 0 Å². The average molecular weight is 379 g/mol. The molecular formula is C19H30N4O2S. The maximum atomic E-state index is 12.0. The number of hydrogen-bond donors (Lipinski definition) is 1. The van der Waals surface area contributed by atoms with E-state index in [2.05, 4.69) is 33.3 Å². The summed E-state index contributed by atoms with van der Waals surface area (Å²) in [7, 11) is 1.76. The van der Waals surface area contributed by atoms with E-state index in [-0.39, 0.29) is 17.9 Å². The highest BCUT2D eigenvalue weighted by molar-refractivity contribution is 8.14. The molecule has 1 aliphatic carbocycles. The molecule has 0 saturated heterocycles. The summed E-state index contributed by atoms with van der Waals surface area (Å²) in [5, 5.41) is 3.55. The Morgan fingerprint density at radius 3 is 2.73 bits per heavy atom. The molecule has 0 spiro atoms. The first kappa shape index (κ1) is 22.3. The molecule has 1 aliphatic rings. The van der Waals surface area contributed by atoms with Gasteiger partial charge in [-0.05, 0) is 38.2 Å². The van der Waals surface area contributed by atoms with Gasteiger partial charge in [0, 0.05) is 25.7 Å². The van der Waals surface area contributed by atoms with E-state index < -0.39 is 0 Å². The molecule has 0 fully saturated rings. The number of urea groups is 1. The van der Waals surface area contributed by atoms with Crippen LogP contribution >= 0.6 is 11.8 Å². The molecule has 2 amide bonds. The van der Waals surface area contributed by atoms with Crippen molar-refractivity contribution in [2.45, 2.75) is 65.3 Å². The Hall–Kier alpha value is -1.76. The molecular weight excluding hydrogens is 348 g/mol. The summed E-state index contributed by atoms with van der Waals surface area (Å²) in [5.74, 6) is 1.31. The monoisotopic (exact) mass is 378 g/mol. The number of thioether (sulfide) groups is 1. The standard InChI is InChI=1S/C19H30N4O2S/c1-5-7-12-21-18(20-4)15-8-10-16(11-9-15)23-19(25)22-14(3)26-13-17(24)6-2/h8,12,16H,5-7,9-11,13H2,1-4H3,(H,23,25)/b20-18-,21-12-,22-14-. The molecule has 0 aromatic heterocycles. The van der Waals surface area contributed by atoms with Gasteiger partial charge >= 0.3 is 6.03 Å². The SMILES string of the molecule is CCC/C=N\C(=N/C)C1=CCC(NC(=O)/N=C(/C)SCC(=O)CC)CC1. The molecule has 0 saturated carbocycles. The first-order valence-corrected chi connectivity index (χ1v) is 10.2. The zero-order valence-electron chi connectivity index (χ0n) is 16.2. The van der Waals surface area contributed by atoms with Crippen molar-refractivity contribution >= 4 is 40.7 Å². The molecule has 1 N–H and O–H groups in total. The first-order chi connectivity index (χ1) is 12.5. The number of ketones is 1. The third-order valence-electron chi connectivity index (χ3n) is 3.96. The fourth-order valence-electron chi connectivity index (χ4n) is 2.40. The van der Waals surface area contributed by atoms with E-state index in [1.165, 1.54) is 11.8 Å². The van der Waals surface area contributed by atoms with E-state index in [4.69, 9.17) is 0 Å². The zero-order chi connectivity index (χ0) is 19.4. The van der Waals surface area contributed by atoms with Gasteiger partial charge in [0.2, 0.25) is 0 Å². The molecule has 0 aromatic carbocycles. The summed E-state index contributed by atoms with van der Waals surface area (Å²) in [6, 6.07) is -0.269. The summed E-state index contributed by atoms with van der Waals surface area (Å²) < 4.78 is 0. The number of nitrogens with zero attached hydrogens (tertiary/aromatic N) is 3. The molecule has 7 heteroatoms. The smallest absolute Gasteiger partial charge is 0.333 e. The molecule has 1 unspecified atom stereocenters. The highest BCUT2D eigenvalue weighted by Gasteiger charge is 2.18. The number of nitrogens with one attached hydrogen (secondary N) is 1. The minimum Gasteiger partial charge on any atom is -0.333 e. The molecule has 6 nitrogen and oxygen atoms in total. The van der Waals surface area contributed by atoms with E-state index in [1.54, 1.807) is 14.0 Å². The van der Waals surface area contributed by atoms with Crippen molar-refractivity contribution in [3.63, 3.8) is 0 Å². The highest BCUT2D eigenvalue weighted by atomic mass is 32.2. The second-order valence-electron chi connectivity index (χ2n) is 6.11. The van der Waals surface area contributed by atoms with Crippen LogP contribution < -0.4 is 5.32 Å². The summed E-state index contributed by atoms with van der Waals surface area (Å²) in [6.45, 7) is 5.70. The fraction of sp³-hybridized carbons (Fsp3) is 0.632. The molecule has 144 valence electrons. The number of unbranched alkanes of at least 4 members (excludes halogenated alkanes) is 1. The predicted molar refractivity (Wildman–Crippen MR) is 112 cm³/mol. The van der Waals surface area contributed by atoms with Gasteiger partial charge in [-0.15, -0.1) is 11.8 Å². The van der Waals surface area contributed by atoms with Gasteiger partial charge < -0.3 is 5.32 Å². The number of rotatable bonds is 7. The Morgan fingerprint density at radius 2 is 2.15 bits per heavy atom. The molecule has 0 aromatic rings. The van der Waals surface area contributed by atoms with E-state index in [0.29, 0.717) is 17.2 Å². The maximum absolute atomic E-state index is 12.0. The van der Waals surface area contributed by atoms with Gasteiger partial charge in [-0.3, -0.25) is 9.79 Å². The number of carbonyl (C=O) groups is 2. The van der Waals surface area contributed by atoms with Crippen molar-refractivity contribution in [3.8, 4) is 0 Å². The predicted octanol–water partition coefficient (Wildman–Crippen LogP) is 4.20. The van der Waals surface area contributed by atoms with E-state index in [9.17, 15) is 9.59 Å². The average Bonchev–Trinajstić information content (AvgIpc) is 2.64. The van der Waals surface area contributed by atoms with Crippen molar-refractivity contribution < 1.29 is 9.59 Å². The topological polar surface area (TPSA) is 83.2 Å². The largest absolute Gasteiger partial charge is 0.341 e. The van der Waals surface area contributed by atoms with Gasteiger partial charge in [-0.1, -0.05) is 26.3 Å². The molecule has 0 radical (unpaired) electrons. The number of amidine groups is 1. The Bertz CT molecular complexity index is 609. The Kier molecular flexibility index (Phi) is 10.8. The highest BCUT2D eigenvalue weighted by Crippen LogP contribution is 2.20. The summed E-state index contributed by atoms with van der Waals surface area (Å²) in [6.07, 6.45) is 8.97. The number of carbonyl (C=O) groups excluding carboxylic acids is 2. The van der Waals surface area contributed by atoms with Crippen LogP contribution in [0.2, 0.25) is 0 Å². The van der Waals surface area contributed by atoms with Crippen LogP contribution in [-0.4, -0.2) is 47.8 Å². The number of amides is 2. The minimum absolute atomic E-state index is 0.0720. The molecule has 0 heterocycles. The first-order valence-electron chi connectivity index (χ1n) is 9.19. The van der Waals surface area contributed by atoms with Gasteiger partial charge in [-0.25, -0.2) is 9.79 Å². The van der Waals surface area contributed by atoms with Crippen molar-refractivity contribution in [1.82, 2.24) is 5.32 Å². The van der Waals surface area contributed by atoms with Crippen LogP contribution in [-0.2, 0) is 4.79 Å². The van der Waals surface area contributed by atoms with Crippen molar-refractivity contribution in [3.05, 3.63) is 11.6 Å². The van der Waals surface area contributed by atoms with Crippen LogP contribution in [0.15, 0.2) is 26.6 Å². The van der Waals surface area contributed by atoms with Crippen LogP contribution in [0.1, 0.15) is 59.3 Å². The second kappa shape index (κ2) is 12.6. The lowest BCUT2D eigenvalue weighted by atomic mass is 9.94. The maximum Gasteiger partial charge on any atom is 0.341 e. The Balaban J connectivity index is 2.50. The minimum atomic E-state index is -0.342.